The molecule has 0 aliphatic heterocycles. The second-order valence-corrected chi connectivity index (χ2v) is 5.89. The number of benzene rings is 1. The van der Waals surface area contributed by atoms with Crippen LogP contribution in [-0.4, -0.2) is 17.0 Å². The van der Waals surface area contributed by atoms with E-state index in [0.29, 0.717) is 5.95 Å². The van der Waals surface area contributed by atoms with Crippen molar-refractivity contribution in [3.63, 3.8) is 0 Å². The molecule has 108 valence electrons. The van der Waals surface area contributed by atoms with Gasteiger partial charge in [-0.15, -0.1) is 11.3 Å². The fraction of sp³-hybridized carbons (Fsp3) is 0.200. The molecule has 0 atom stereocenters. The summed E-state index contributed by atoms with van der Waals surface area (Å²) in [6.45, 7) is 2.87. The van der Waals surface area contributed by atoms with Gasteiger partial charge >= 0.3 is 0 Å². The first-order valence-electron chi connectivity index (χ1n) is 6.66. The molecule has 1 aromatic carbocycles. The predicted octanol–water partition coefficient (Wildman–Crippen LogP) is 2.92. The molecular formula is C15H17N5S. The zero-order valence-corrected chi connectivity index (χ0v) is 12.8. The summed E-state index contributed by atoms with van der Waals surface area (Å²) in [5.41, 5.74) is 5.04. The lowest BCUT2D eigenvalue weighted by Crippen LogP contribution is -2.20. The third-order valence-corrected chi connectivity index (χ3v) is 4.14. The number of aromatic nitrogens is 2. The van der Waals surface area contributed by atoms with Crippen LogP contribution in [-0.2, 0) is 6.54 Å². The van der Waals surface area contributed by atoms with Crippen molar-refractivity contribution >= 4 is 33.3 Å². The Morgan fingerprint density at radius 1 is 1.19 bits per heavy atom. The first-order valence-corrected chi connectivity index (χ1v) is 7.54. The van der Waals surface area contributed by atoms with Gasteiger partial charge in [0, 0.05) is 13.6 Å². The molecule has 3 rings (SSSR count). The highest BCUT2D eigenvalue weighted by atomic mass is 32.1. The van der Waals surface area contributed by atoms with Crippen molar-refractivity contribution in [2.75, 3.05) is 17.4 Å². The molecule has 3 N–H and O–H groups in total. The fourth-order valence-corrected chi connectivity index (χ4v) is 3.00. The molecule has 2 heterocycles. The lowest BCUT2D eigenvalue weighted by atomic mass is 10.1. The minimum atomic E-state index is 0.440. The molecule has 0 radical (unpaired) electrons. The molecule has 0 saturated heterocycles. The minimum absolute atomic E-state index is 0.440. The van der Waals surface area contributed by atoms with Crippen molar-refractivity contribution in [2.24, 2.45) is 5.84 Å². The van der Waals surface area contributed by atoms with Gasteiger partial charge in [0.2, 0.25) is 5.95 Å². The summed E-state index contributed by atoms with van der Waals surface area (Å²) in [4.78, 5) is 11.9. The molecule has 6 heteroatoms. The summed E-state index contributed by atoms with van der Waals surface area (Å²) in [6.07, 6.45) is 0. The Morgan fingerprint density at radius 3 is 2.67 bits per heavy atom. The number of thiophene rings is 1. The van der Waals surface area contributed by atoms with Gasteiger partial charge in [0.25, 0.3) is 0 Å². The molecular weight excluding hydrogens is 282 g/mol. The van der Waals surface area contributed by atoms with E-state index in [9.17, 15) is 0 Å². The quantitative estimate of drug-likeness (QED) is 0.573. The topological polar surface area (TPSA) is 67.1 Å². The highest BCUT2D eigenvalue weighted by Gasteiger charge is 2.12. The minimum Gasteiger partial charge on any atom is -0.355 e. The number of anilines is 2. The van der Waals surface area contributed by atoms with Crippen LogP contribution >= 0.6 is 11.3 Å². The van der Waals surface area contributed by atoms with Crippen molar-refractivity contribution in [3.05, 3.63) is 46.8 Å². The summed E-state index contributed by atoms with van der Waals surface area (Å²) >= 11 is 1.58. The van der Waals surface area contributed by atoms with Gasteiger partial charge in [-0.3, -0.25) is 5.43 Å². The molecule has 0 aliphatic carbocycles. The van der Waals surface area contributed by atoms with Crippen LogP contribution < -0.4 is 16.2 Å². The Labute approximate surface area is 127 Å². The zero-order chi connectivity index (χ0) is 14.8. The van der Waals surface area contributed by atoms with Crippen LogP contribution in [0.3, 0.4) is 0 Å². The van der Waals surface area contributed by atoms with Crippen molar-refractivity contribution in [1.29, 1.82) is 0 Å². The Kier molecular flexibility index (Phi) is 3.72. The summed E-state index contributed by atoms with van der Waals surface area (Å²) in [7, 11) is 2.03. The standard InChI is InChI=1S/C15H17N5S/c1-10-3-5-11(6-4-10)9-20(2)13-12-7-8-21-14(12)18-15(17-13)19-16/h3-8H,9,16H2,1-2H3,(H,17,18,19). The van der Waals surface area contributed by atoms with E-state index in [0.717, 1.165) is 22.6 Å². The van der Waals surface area contributed by atoms with Gasteiger partial charge in [0.1, 0.15) is 10.6 Å². The van der Waals surface area contributed by atoms with Gasteiger partial charge in [0.05, 0.1) is 5.39 Å². The van der Waals surface area contributed by atoms with Crippen LogP contribution in [0.2, 0.25) is 0 Å². The van der Waals surface area contributed by atoms with E-state index in [2.05, 4.69) is 51.5 Å². The van der Waals surface area contributed by atoms with Crippen LogP contribution in [0, 0.1) is 6.92 Å². The number of hydrazine groups is 1. The van der Waals surface area contributed by atoms with Gasteiger partial charge < -0.3 is 4.90 Å². The van der Waals surface area contributed by atoms with Crippen molar-refractivity contribution < 1.29 is 0 Å². The van der Waals surface area contributed by atoms with Crippen molar-refractivity contribution in [1.82, 2.24) is 9.97 Å². The van der Waals surface area contributed by atoms with Crippen LogP contribution in [0.25, 0.3) is 10.2 Å². The highest BCUT2D eigenvalue weighted by Crippen LogP contribution is 2.29. The van der Waals surface area contributed by atoms with E-state index in [-0.39, 0.29) is 0 Å². The normalized spacial score (nSPS) is 10.8. The maximum absolute atomic E-state index is 5.46. The number of nitrogens with two attached hydrogens (primary N) is 1. The van der Waals surface area contributed by atoms with E-state index in [1.54, 1.807) is 11.3 Å². The van der Waals surface area contributed by atoms with Gasteiger partial charge in [-0.2, -0.15) is 4.98 Å². The Morgan fingerprint density at radius 2 is 1.95 bits per heavy atom. The summed E-state index contributed by atoms with van der Waals surface area (Å²) in [6, 6.07) is 10.6. The predicted molar refractivity (Wildman–Crippen MR) is 88.5 cm³/mol. The lowest BCUT2D eigenvalue weighted by molar-refractivity contribution is 0.900. The van der Waals surface area contributed by atoms with E-state index < -0.39 is 0 Å². The number of rotatable bonds is 4. The first-order chi connectivity index (χ1) is 10.2. The molecule has 0 bridgehead atoms. The van der Waals surface area contributed by atoms with Gasteiger partial charge in [-0.05, 0) is 23.9 Å². The Balaban J connectivity index is 1.94. The first kappa shape index (κ1) is 13.8. The summed E-state index contributed by atoms with van der Waals surface area (Å²) in [5, 5.41) is 3.07. The third-order valence-electron chi connectivity index (χ3n) is 3.34. The molecule has 0 amide bonds. The second-order valence-electron chi connectivity index (χ2n) is 5.00. The van der Waals surface area contributed by atoms with E-state index in [4.69, 9.17) is 5.84 Å². The molecule has 3 aromatic rings. The summed E-state index contributed by atoms with van der Waals surface area (Å²) in [5.74, 6) is 6.78. The SMILES string of the molecule is Cc1ccc(CN(C)c2nc(NN)nc3sccc23)cc1. The zero-order valence-electron chi connectivity index (χ0n) is 12.0. The van der Waals surface area contributed by atoms with E-state index in [1.165, 1.54) is 11.1 Å². The smallest absolute Gasteiger partial charge is 0.240 e. The molecule has 0 unspecified atom stereocenters. The number of nitrogens with one attached hydrogen (secondary N) is 1. The molecule has 21 heavy (non-hydrogen) atoms. The van der Waals surface area contributed by atoms with E-state index in [1.807, 2.05) is 18.5 Å². The molecule has 2 aromatic heterocycles. The number of nitrogens with zero attached hydrogens (tertiary/aromatic N) is 3. The van der Waals surface area contributed by atoms with Crippen LogP contribution in [0.5, 0.6) is 0 Å². The largest absolute Gasteiger partial charge is 0.355 e. The molecule has 0 spiro atoms. The third kappa shape index (κ3) is 2.81. The van der Waals surface area contributed by atoms with Crippen molar-refractivity contribution in [3.8, 4) is 0 Å². The average molecular weight is 299 g/mol. The molecule has 0 fully saturated rings. The van der Waals surface area contributed by atoms with Crippen LogP contribution in [0.15, 0.2) is 35.7 Å². The number of hydrogen-bond donors (Lipinski definition) is 2. The maximum Gasteiger partial charge on any atom is 0.240 e. The van der Waals surface area contributed by atoms with Gasteiger partial charge in [-0.25, -0.2) is 10.8 Å². The van der Waals surface area contributed by atoms with Crippen LogP contribution in [0.4, 0.5) is 11.8 Å². The number of fused-ring (bicyclic) bond motifs is 1. The number of aryl methyl sites for hydroxylation is 1. The van der Waals surface area contributed by atoms with Gasteiger partial charge in [0.15, 0.2) is 0 Å². The number of hydrogen-bond acceptors (Lipinski definition) is 6. The highest BCUT2D eigenvalue weighted by molar-refractivity contribution is 7.16. The Bertz CT molecular complexity index is 750. The second kappa shape index (κ2) is 5.67. The lowest BCUT2D eigenvalue weighted by Gasteiger charge is -2.19. The average Bonchev–Trinajstić information content (AvgIpc) is 2.96. The molecule has 0 aliphatic rings. The Hall–Kier alpha value is -2.18. The monoisotopic (exact) mass is 299 g/mol. The molecule has 0 saturated carbocycles. The number of nitrogen functional groups attached to an aromatic ring is 1. The van der Waals surface area contributed by atoms with Gasteiger partial charge in [-0.1, -0.05) is 29.8 Å². The van der Waals surface area contributed by atoms with Crippen LogP contribution in [0.1, 0.15) is 11.1 Å². The van der Waals surface area contributed by atoms with Crippen molar-refractivity contribution in [2.45, 2.75) is 13.5 Å². The van der Waals surface area contributed by atoms with E-state index >= 15 is 0 Å². The fourth-order valence-electron chi connectivity index (χ4n) is 2.24. The molecule has 5 nitrogen and oxygen atoms in total. The maximum atomic E-state index is 5.46. The summed E-state index contributed by atoms with van der Waals surface area (Å²) < 4.78 is 0.